The van der Waals surface area contributed by atoms with Gasteiger partial charge in [-0.25, -0.2) is 4.68 Å². The van der Waals surface area contributed by atoms with Crippen LogP contribution in [0.2, 0.25) is 0 Å². The molecule has 1 aliphatic carbocycles. The Hall–Kier alpha value is -2.10. The highest BCUT2D eigenvalue weighted by Gasteiger charge is 2.29. The van der Waals surface area contributed by atoms with Crippen molar-refractivity contribution in [3.05, 3.63) is 47.3 Å². The molecule has 0 saturated heterocycles. The minimum atomic E-state index is 0.177. The smallest absolute Gasteiger partial charge is 0.223 e. The fourth-order valence-corrected chi connectivity index (χ4v) is 2.42. The van der Waals surface area contributed by atoms with E-state index < -0.39 is 0 Å². The maximum atomic E-state index is 11.7. The maximum Gasteiger partial charge on any atom is 0.223 e. The number of carbonyl (C=O) groups is 1. The topological polar surface area (TPSA) is 46.9 Å². The normalized spacial score (nSPS) is 14.3. The van der Waals surface area contributed by atoms with Crippen LogP contribution in [0, 0.1) is 19.8 Å². The van der Waals surface area contributed by atoms with Crippen molar-refractivity contribution in [3.63, 3.8) is 0 Å². The number of amides is 1. The molecule has 0 atom stereocenters. The quantitative estimate of drug-likeness (QED) is 0.927. The first-order valence-corrected chi connectivity index (χ1v) is 7.05. The van der Waals surface area contributed by atoms with Gasteiger partial charge in [0.1, 0.15) is 0 Å². The lowest BCUT2D eigenvalue weighted by molar-refractivity contribution is -0.122. The van der Waals surface area contributed by atoms with Crippen LogP contribution in [-0.2, 0) is 11.3 Å². The Kier molecular flexibility index (Phi) is 3.30. The molecule has 1 saturated carbocycles. The van der Waals surface area contributed by atoms with Gasteiger partial charge in [0.15, 0.2) is 0 Å². The third-order valence-corrected chi connectivity index (χ3v) is 3.83. The molecule has 3 rings (SSSR count). The van der Waals surface area contributed by atoms with Gasteiger partial charge in [-0.3, -0.25) is 4.79 Å². The third-order valence-electron chi connectivity index (χ3n) is 3.83. The first-order chi connectivity index (χ1) is 9.66. The number of benzene rings is 1. The number of hydrogen-bond donors (Lipinski definition) is 1. The molecule has 104 valence electrons. The number of aromatic nitrogens is 2. The van der Waals surface area contributed by atoms with Gasteiger partial charge in [0.25, 0.3) is 0 Å². The van der Waals surface area contributed by atoms with Crippen molar-refractivity contribution in [2.75, 3.05) is 0 Å². The van der Waals surface area contributed by atoms with E-state index in [-0.39, 0.29) is 11.8 Å². The van der Waals surface area contributed by atoms with E-state index >= 15 is 0 Å². The zero-order chi connectivity index (χ0) is 14.1. The van der Waals surface area contributed by atoms with Crippen LogP contribution in [0.4, 0.5) is 0 Å². The van der Waals surface area contributed by atoms with Crippen LogP contribution in [0.15, 0.2) is 30.3 Å². The van der Waals surface area contributed by atoms with Gasteiger partial charge < -0.3 is 5.32 Å². The highest BCUT2D eigenvalue weighted by atomic mass is 16.2. The van der Waals surface area contributed by atoms with Crippen LogP contribution in [0.25, 0.3) is 5.69 Å². The molecule has 1 heterocycles. The lowest BCUT2D eigenvalue weighted by atomic mass is 10.2. The van der Waals surface area contributed by atoms with E-state index in [1.54, 1.807) is 0 Å². The van der Waals surface area contributed by atoms with Gasteiger partial charge in [0, 0.05) is 23.7 Å². The Bertz CT molecular complexity index is 627. The van der Waals surface area contributed by atoms with Gasteiger partial charge in [-0.05, 0) is 38.8 Å². The molecule has 4 heteroatoms. The number of nitrogens with one attached hydrogen (secondary N) is 1. The number of aryl methyl sites for hydroxylation is 1. The second-order valence-corrected chi connectivity index (χ2v) is 5.39. The molecule has 20 heavy (non-hydrogen) atoms. The van der Waals surface area contributed by atoms with Crippen molar-refractivity contribution in [2.45, 2.75) is 33.2 Å². The van der Waals surface area contributed by atoms with E-state index in [1.165, 1.54) is 0 Å². The summed E-state index contributed by atoms with van der Waals surface area (Å²) in [4.78, 5) is 11.7. The van der Waals surface area contributed by atoms with Crippen LogP contribution in [0.3, 0.4) is 0 Å². The standard InChI is InChI=1S/C16H19N3O/c1-11-15(10-17-16(20)13-8-9-13)12(2)19(18-11)14-6-4-3-5-7-14/h3-7,13H,8-10H2,1-2H3,(H,17,20). The van der Waals surface area contributed by atoms with Crippen molar-refractivity contribution in [2.24, 2.45) is 5.92 Å². The maximum absolute atomic E-state index is 11.7. The molecular formula is C16H19N3O. The van der Waals surface area contributed by atoms with Crippen LogP contribution in [-0.4, -0.2) is 15.7 Å². The molecule has 2 aromatic rings. The average molecular weight is 269 g/mol. The summed E-state index contributed by atoms with van der Waals surface area (Å²) in [5, 5.41) is 7.60. The van der Waals surface area contributed by atoms with Crippen molar-refractivity contribution in [1.29, 1.82) is 0 Å². The van der Waals surface area contributed by atoms with Crippen molar-refractivity contribution < 1.29 is 4.79 Å². The minimum absolute atomic E-state index is 0.177. The summed E-state index contributed by atoms with van der Waals surface area (Å²) < 4.78 is 1.94. The van der Waals surface area contributed by atoms with E-state index in [4.69, 9.17) is 0 Å². The predicted octanol–water partition coefficient (Wildman–Crippen LogP) is 2.52. The molecule has 1 fully saturated rings. The minimum Gasteiger partial charge on any atom is -0.352 e. The lowest BCUT2D eigenvalue weighted by Gasteiger charge is -2.06. The van der Waals surface area contributed by atoms with E-state index in [1.807, 2.05) is 48.9 Å². The van der Waals surface area contributed by atoms with Crippen molar-refractivity contribution >= 4 is 5.91 Å². The Morgan fingerprint density at radius 2 is 2.00 bits per heavy atom. The van der Waals surface area contributed by atoms with Gasteiger partial charge in [-0.2, -0.15) is 5.10 Å². The number of nitrogens with zero attached hydrogens (tertiary/aromatic N) is 2. The Morgan fingerprint density at radius 3 is 2.65 bits per heavy atom. The monoisotopic (exact) mass is 269 g/mol. The fraction of sp³-hybridized carbons (Fsp3) is 0.375. The molecule has 4 nitrogen and oxygen atoms in total. The third kappa shape index (κ3) is 2.46. The Labute approximate surface area is 118 Å². The molecule has 0 spiro atoms. The molecular weight excluding hydrogens is 250 g/mol. The van der Waals surface area contributed by atoms with E-state index in [0.29, 0.717) is 6.54 Å². The van der Waals surface area contributed by atoms with Crippen LogP contribution in [0.5, 0.6) is 0 Å². The summed E-state index contributed by atoms with van der Waals surface area (Å²) in [7, 11) is 0. The molecule has 1 aromatic heterocycles. The second-order valence-electron chi connectivity index (χ2n) is 5.39. The zero-order valence-electron chi connectivity index (χ0n) is 11.9. The van der Waals surface area contributed by atoms with Gasteiger partial charge >= 0.3 is 0 Å². The summed E-state index contributed by atoms with van der Waals surface area (Å²) in [6, 6.07) is 10.1. The summed E-state index contributed by atoms with van der Waals surface area (Å²) in [6.45, 7) is 4.61. The molecule has 1 N–H and O–H groups in total. The predicted molar refractivity (Wildman–Crippen MR) is 77.6 cm³/mol. The first kappa shape index (κ1) is 12.9. The molecule has 0 unspecified atom stereocenters. The number of rotatable bonds is 4. The summed E-state index contributed by atoms with van der Waals surface area (Å²) in [5.74, 6) is 0.427. The number of carbonyl (C=O) groups excluding carboxylic acids is 1. The van der Waals surface area contributed by atoms with Crippen molar-refractivity contribution in [1.82, 2.24) is 15.1 Å². The average Bonchev–Trinajstić information content (AvgIpc) is 3.26. The summed E-state index contributed by atoms with van der Waals surface area (Å²) in [5.41, 5.74) is 4.22. The van der Waals surface area contributed by atoms with Crippen LogP contribution >= 0.6 is 0 Å². The zero-order valence-corrected chi connectivity index (χ0v) is 11.9. The molecule has 0 bridgehead atoms. The first-order valence-electron chi connectivity index (χ1n) is 7.05. The highest BCUT2D eigenvalue weighted by molar-refractivity contribution is 5.80. The Balaban J connectivity index is 1.81. The number of para-hydroxylation sites is 1. The largest absolute Gasteiger partial charge is 0.352 e. The summed E-state index contributed by atoms with van der Waals surface area (Å²) >= 11 is 0. The molecule has 1 aromatic carbocycles. The molecule has 0 aliphatic heterocycles. The molecule has 1 amide bonds. The molecule has 1 aliphatic rings. The highest BCUT2D eigenvalue weighted by Crippen LogP contribution is 2.29. The van der Waals surface area contributed by atoms with Gasteiger partial charge in [-0.1, -0.05) is 18.2 Å². The molecule has 0 radical (unpaired) electrons. The summed E-state index contributed by atoms with van der Waals surface area (Å²) in [6.07, 6.45) is 2.07. The van der Waals surface area contributed by atoms with E-state index in [0.717, 1.165) is 35.5 Å². The lowest BCUT2D eigenvalue weighted by Crippen LogP contribution is -2.24. The van der Waals surface area contributed by atoms with Gasteiger partial charge in [0.2, 0.25) is 5.91 Å². The number of hydrogen-bond acceptors (Lipinski definition) is 2. The van der Waals surface area contributed by atoms with E-state index in [2.05, 4.69) is 10.4 Å². The van der Waals surface area contributed by atoms with E-state index in [9.17, 15) is 4.79 Å². The Morgan fingerprint density at radius 1 is 1.30 bits per heavy atom. The van der Waals surface area contributed by atoms with Crippen LogP contribution in [0.1, 0.15) is 29.8 Å². The van der Waals surface area contributed by atoms with Gasteiger partial charge in [-0.15, -0.1) is 0 Å². The van der Waals surface area contributed by atoms with Crippen LogP contribution < -0.4 is 5.32 Å². The SMILES string of the molecule is Cc1nn(-c2ccccc2)c(C)c1CNC(=O)C1CC1. The fourth-order valence-electron chi connectivity index (χ4n) is 2.42. The van der Waals surface area contributed by atoms with Crippen molar-refractivity contribution in [3.8, 4) is 5.69 Å². The second kappa shape index (κ2) is 5.12. The van der Waals surface area contributed by atoms with Gasteiger partial charge in [0.05, 0.1) is 11.4 Å².